The third-order valence-electron chi connectivity index (χ3n) is 9.21. The number of nitrogens with zero attached hydrogens (tertiary/aromatic N) is 4. The third kappa shape index (κ3) is 4.04. The molecule has 8 rings (SSSR count). The first-order valence-corrected chi connectivity index (χ1v) is 15.0. The zero-order valence-corrected chi connectivity index (χ0v) is 25.0. The van der Waals surface area contributed by atoms with Crippen LogP contribution in [0.15, 0.2) is 133 Å². The van der Waals surface area contributed by atoms with E-state index in [1.165, 1.54) is 22.5 Å². The van der Waals surface area contributed by atoms with Crippen LogP contribution in [0.3, 0.4) is 0 Å². The lowest BCUT2D eigenvalue weighted by Crippen LogP contribution is -2.30. The van der Waals surface area contributed by atoms with E-state index in [0.29, 0.717) is 11.3 Å². The average molecular weight is 577 g/mol. The molecule has 0 amide bonds. The van der Waals surface area contributed by atoms with Crippen molar-refractivity contribution in [2.45, 2.75) is 19.3 Å². The Bertz CT molecular complexity index is 2260. The maximum absolute atomic E-state index is 9.57. The molecular weight excluding hydrogens is 548 g/mol. The van der Waals surface area contributed by atoms with Crippen LogP contribution in [0.5, 0.6) is 0 Å². The smallest absolute Gasteiger partial charge is 0.188 e. The molecule has 0 bridgehead atoms. The molecule has 0 unspecified atom stereocenters. The average Bonchev–Trinajstić information content (AvgIpc) is 3.41. The topological polar surface area (TPSA) is 36.3 Å². The molecule has 0 atom stereocenters. The zero-order valence-electron chi connectivity index (χ0n) is 25.0. The van der Waals surface area contributed by atoms with Crippen LogP contribution in [-0.4, -0.2) is 4.57 Å². The largest absolute Gasteiger partial charge is 0.310 e. The Hall–Kier alpha value is -6.10. The molecule has 0 saturated carbocycles. The number of hydrogen-bond donors (Lipinski definition) is 0. The van der Waals surface area contributed by atoms with Gasteiger partial charge in [0.25, 0.3) is 0 Å². The molecule has 212 valence electrons. The maximum Gasteiger partial charge on any atom is 0.188 e. The van der Waals surface area contributed by atoms with Crippen LogP contribution in [-0.2, 0) is 5.41 Å². The van der Waals surface area contributed by atoms with Crippen molar-refractivity contribution in [2.24, 2.45) is 0 Å². The Morgan fingerprint density at radius 1 is 0.622 bits per heavy atom. The van der Waals surface area contributed by atoms with Gasteiger partial charge in [-0.15, -0.1) is 0 Å². The molecule has 4 heteroatoms. The highest BCUT2D eigenvalue weighted by Gasteiger charge is 2.36. The minimum Gasteiger partial charge on any atom is -0.310 e. The van der Waals surface area contributed by atoms with Crippen molar-refractivity contribution in [3.05, 3.63) is 162 Å². The van der Waals surface area contributed by atoms with E-state index < -0.39 is 0 Å². The number of rotatable bonds is 3. The number of hydrogen-bond acceptors (Lipinski definition) is 2. The van der Waals surface area contributed by atoms with Gasteiger partial charge in [-0.05, 0) is 94.4 Å². The molecule has 7 aromatic rings. The number of nitriles is 1. The summed E-state index contributed by atoms with van der Waals surface area (Å²) in [6, 6.07) is 48.6. The van der Waals surface area contributed by atoms with E-state index in [9.17, 15) is 5.26 Å². The van der Waals surface area contributed by atoms with E-state index in [1.807, 2.05) is 36.4 Å². The van der Waals surface area contributed by atoms with Gasteiger partial charge in [-0.3, -0.25) is 0 Å². The van der Waals surface area contributed by atoms with Gasteiger partial charge in [0, 0.05) is 22.2 Å². The first-order valence-electron chi connectivity index (χ1n) is 15.0. The van der Waals surface area contributed by atoms with Gasteiger partial charge in [0.2, 0.25) is 0 Å². The Labute approximate surface area is 262 Å². The van der Waals surface area contributed by atoms with Crippen LogP contribution in [0.1, 0.15) is 30.5 Å². The SMILES string of the molecule is [C-]#[N+]c1ccc2c(c1)c1cc(C#N)ccc1n2-c1cccc(-c2ccc(N3c4ccccc4C(C)(C)c4ccccc43)cc2)c1. The lowest BCUT2D eigenvalue weighted by Gasteiger charge is -2.42. The second-order valence-corrected chi connectivity index (χ2v) is 12.1. The highest BCUT2D eigenvalue weighted by Crippen LogP contribution is 2.51. The number of aromatic nitrogens is 1. The van der Waals surface area contributed by atoms with Gasteiger partial charge in [-0.25, -0.2) is 4.85 Å². The summed E-state index contributed by atoms with van der Waals surface area (Å²) in [5.74, 6) is 0. The fourth-order valence-electron chi connectivity index (χ4n) is 7.00. The van der Waals surface area contributed by atoms with Crippen molar-refractivity contribution in [2.75, 3.05) is 4.90 Å². The molecule has 0 N–H and O–H groups in total. The number of benzene rings is 6. The van der Waals surface area contributed by atoms with Gasteiger partial charge < -0.3 is 9.47 Å². The predicted molar refractivity (Wildman–Crippen MR) is 184 cm³/mol. The summed E-state index contributed by atoms with van der Waals surface area (Å²) >= 11 is 0. The molecule has 45 heavy (non-hydrogen) atoms. The number of fused-ring (bicyclic) bond motifs is 5. The van der Waals surface area contributed by atoms with E-state index in [2.05, 4.69) is 131 Å². The highest BCUT2D eigenvalue weighted by atomic mass is 15.2. The molecule has 4 nitrogen and oxygen atoms in total. The van der Waals surface area contributed by atoms with Crippen molar-refractivity contribution in [3.63, 3.8) is 0 Å². The molecule has 0 saturated heterocycles. The van der Waals surface area contributed by atoms with Gasteiger partial charge in [0.1, 0.15) is 0 Å². The van der Waals surface area contributed by atoms with Crippen molar-refractivity contribution < 1.29 is 0 Å². The number of anilines is 3. The lowest BCUT2D eigenvalue weighted by molar-refractivity contribution is 0.632. The van der Waals surface area contributed by atoms with Crippen molar-refractivity contribution in [3.8, 4) is 22.9 Å². The van der Waals surface area contributed by atoms with E-state index in [1.54, 1.807) is 0 Å². The summed E-state index contributed by atoms with van der Waals surface area (Å²) in [6.07, 6.45) is 0. The summed E-state index contributed by atoms with van der Waals surface area (Å²) in [5.41, 5.74) is 12.5. The fourth-order valence-corrected chi connectivity index (χ4v) is 7.00. The quantitative estimate of drug-likeness (QED) is 0.196. The van der Waals surface area contributed by atoms with Crippen LogP contribution in [0, 0.1) is 17.9 Å². The molecule has 6 aromatic carbocycles. The summed E-state index contributed by atoms with van der Waals surface area (Å²) in [5, 5.41) is 11.5. The Morgan fingerprint density at radius 2 is 1.27 bits per heavy atom. The monoisotopic (exact) mass is 576 g/mol. The second kappa shape index (κ2) is 9.98. The van der Waals surface area contributed by atoms with Gasteiger partial charge in [-0.1, -0.05) is 80.6 Å². The highest BCUT2D eigenvalue weighted by molar-refractivity contribution is 6.10. The van der Waals surface area contributed by atoms with Crippen LogP contribution in [0.25, 0.3) is 43.5 Å². The van der Waals surface area contributed by atoms with Crippen molar-refractivity contribution in [1.82, 2.24) is 4.57 Å². The predicted octanol–water partition coefficient (Wildman–Crippen LogP) is 11.0. The summed E-state index contributed by atoms with van der Waals surface area (Å²) in [4.78, 5) is 6.03. The molecule has 0 fully saturated rings. The van der Waals surface area contributed by atoms with E-state index >= 15 is 0 Å². The number of para-hydroxylation sites is 2. The Morgan fingerprint density at radius 3 is 1.93 bits per heavy atom. The van der Waals surface area contributed by atoms with Crippen molar-refractivity contribution in [1.29, 1.82) is 5.26 Å². The van der Waals surface area contributed by atoms with Gasteiger partial charge in [0.05, 0.1) is 40.6 Å². The van der Waals surface area contributed by atoms with Gasteiger partial charge in [0.15, 0.2) is 5.69 Å². The van der Waals surface area contributed by atoms with Gasteiger partial charge >= 0.3 is 0 Å². The molecule has 0 radical (unpaired) electrons. The summed E-state index contributed by atoms with van der Waals surface area (Å²) < 4.78 is 2.22. The third-order valence-corrected chi connectivity index (χ3v) is 9.21. The second-order valence-electron chi connectivity index (χ2n) is 12.1. The fraction of sp³-hybridized carbons (Fsp3) is 0.0732. The minimum absolute atomic E-state index is 0.0927. The van der Waals surface area contributed by atoms with Crippen LogP contribution >= 0.6 is 0 Å². The summed E-state index contributed by atoms with van der Waals surface area (Å²) in [6.45, 7) is 12.1. The minimum atomic E-state index is -0.0927. The molecule has 2 heterocycles. The van der Waals surface area contributed by atoms with Crippen LogP contribution in [0.2, 0.25) is 0 Å². The van der Waals surface area contributed by atoms with Crippen LogP contribution in [0.4, 0.5) is 22.7 Å². The normalized spacial score (nSPS) is 13.2. The van der Waals surface area contributed by atoms with E-state index in [0.717, 1.165) is 44.3 Å². The zero-order chi connectivity index (χ0) is 30.7. The maximum atomic E-state index is 9.57. The molecule has 0 aliphatic carbocycles. The summed E-state index contributed by atoms with van der Waals surface area (Å²) in [7, 11) is 0. The standard InChI is InChI=1S/C41H28N4/c1-41(2)35-11-4-6-13-39(35)44(40-14-7-5-12-36(40)41)31-19-16-28(17-20-31)29-9-8-10-32(24-29)45-37-21-15-27(26-42)23-33(37)34-25-30(43-3)18-22-38(34)45/h4-25H,1-2H3. The van der Waals surface area contributed by atoms with E-state index in [-0.39, 0.29) is 5.41 Å². The van der Waals surface area contributed by atoms with Crippen LogP contribution < -0.4 is 4.90 Å². The first-order chi connectivity index (χ1) is 22.0. The molecule has 1 aliphatic rings. The van der Waals surface area contributed by atoms with E-state index in [4.69, 9.17) is 6.57 Å². The Balaban J connectivity index is 1.23. The molecule has 1 aliphatic heterocycles. The molecular formula is C41H28N4. The van der Waals surface area contributed by atoms with Crippen molar-refractivity contribution >= 4 is 44.6 Å². The van der Waals surface area contributed by atoms with Gasteiger partial charge in [-0.2, -0.15) is 5.26 Å². The lowest BCUT2D eigenvalue weighted by atomic mass is 9.73. The molecule has 1 aromatic heterocycles. The Kier molecular flexibility index (Phi) is 5.88. The molecule has 0 spiro atoms. The first kappa shape index (κ1) is 26.5.